The Bertz CT molecular complexity index is 393. The number of ketones is 1. The maximum atomic E-state index is 11.2. The molecule has 0 unspecified atom stereocenters. The SMILES string of the molecule is CCC1=CC(C(C)=O)=N/C(=C/C(=N)Br)N1. The van der Waals surface area contributed by atoms with Crippen LogP contribution in [0.5, 0.6) is 0 Å². The Morgan fingerprint density at radius 1 is 1.73 bits per heavy atom. The van der Waals surface area contributed by atoms with Gasteiger partial charge in [-0.05, 0) is 28.4 Å². The summed E-state index contributed by atoms with van der Waals surface area (Å²) in [7, 11) is 0. The highest BCUT2D eigenvalue weighted by molar-refractivity contribution is 9.18. The molecule has 15 heavy (non-hydrogen) atoms. The van der Waals surface area contributed by atoms with Gasteiger partial charge in [0.05, 0.1) is 0 Å². The second kappa shape index (κ2) is 5.02. The first-order valence-corrected chi connectivity index (χ1v) is 5.35. The van der Waals surface area contributed by atoms with Crippen LogP contribution in [0.4, 0.5) is 0 Å². The summed E-state index contributed by atoms with van der Waals surface area (Å²) in [6.07, 6.45) is 4.04. The van der Waals surface area contributed by atoms with Crippen LogP contribution >= 0.6 is 15.9 Å². The van der Waals surface area contributed by atoms with Gasteiger partial charge in [0.15, 0.2) is 5.78 Å². The van der Waals surface area contributed by atoms with Crippen molar-refractivity contribution in [2.75, 3.05) is 0 Å². The van der Waals surface area contributed by atoms with Gasteiger partial charge >= 0.3 is 0 Å². The van der Waals surface area contributed by atoms with E-state index < -0.39 is 0 Å². The standard InChI is InChI=1S/C10H12BrN3O/c1-3-7-4-8(6(2)15)14-10(13-7)5-9(11)12/h4-5,12-13H,3H2,1-2H3/b10-5+,12-9?. The van der Waals surface area contributed by atoms with Crippen LogP contribution in [-0.4, -0.2) is 16.1 Å². The van der Waals surface area contributed by atoms with Gasteiger partial charge in [0.2, 0.25) is 0 Å². The van der Waals surface area contributed by atoms with E-state index in [9.17, 15) is 4.79 Å². The molecule has 0 amide bonds. The van der Waals surface area contributed by atoms with Crippen LogP contribution in [0.2, 0.25) is 0 Å². The summed E-state index contributed by atoms with van der Waals surface area (Å²) in [5.41, 5.74) is 1.35. The van der Waals surface area contributed by atoms with Crippen LogP contribution in [0, 0.1) is 5.41 Å². The summed E-state index contributed by atoms with van der Waals surface area (Å²) in [6, 6.07) is 0. The molecule has 2 N–H and O–H groups in total. The van der Waals surface area contributed by atoms with E-state index in [1.165, 1.54) is 13.0 Å². The first-order chi connectivity index (χ1) is 7.02. The molecular formula is C10H12BrN3O. The van der Waals surface area contributed by atoms with E-state index in [0.29, 0.717) is 11.5 Å². The number of rotatable bonds is 3. The topological polar surface area (TPSA) is 65.3 Å². The molecule has 80 valence electrons. The van der Waals surface area contributed by atoms with Crippen molar-refractivity contribution in [1.29, 1.82) is 5.41 Å². The molecule has 0 radical (unpaired) electrons. The molecular weight excluding hydrogens is 258 g/mol. The second-order valence-electron chi connectivity index (χ2n) is 3.08. The normalized spacial score (nSPS) is 17.9. The molecule has 0 saturated carbocycles. The Morgan fingerprint density at radius 3 is 2.87 bits per heavy atom. The lowest BCUT2D eigenvalue weighted by atomic mass is 10.1. The molecule has 0 aromatic rings. The van der Waals surface area contributed by atoms with Crippen molar-refractivity contribution < 1.29 is 4.79 Å². The third-order valence-corrected chi connectivity index (χ3v) is 2.07. The van der Waals surface area contributed by atoms with Gasteiger partial charge in [-0.15, -0.1) is 0 Å². The molecule has 0 aromatic carbocycles. The zero-order valence-electron chi connectivity index (χ0n) is 8.60. The molecule has 1 rings (SSSR count). The zero-order valence-corrected chi connectivity index (χ0v) is 10.2. The second-order valence-corrected chi connectivity index (χ2v) is 3.93. The van der Waals surface area contributed by atoms with Crippen LogP contribution in [0.3, 0.4) is 0 Å². The monoisotopic (exact) mass is 269 g/mol. The largest absolute Gasteiger partial charge is 0.344 e. The maximum Gasteiger partial charge on any atom is 0.178 e. The van der Waals surface area contributed by atoms with E-state index in [-0.39, 0.29) is 10.4 Å². The minimum atomic E-state index is -0.0746. The lowest BCUT2D eigenvalue weighted by Crippen LogP contribution is -2.22. The highest BCUT2D eigenvalue weighted by Gasteiger charge is 2.12. The number of hydrogen-bond donors (Lipinski definition) is 2. The molecule has 0 fully saturated rings. The summed E-state index contributed by atoms with van der Waals surface area (Å²) in [5, 5.41) is 10.3. The minimum absolute atomic E-state index is 0.0746. The lowest BCUT2D eigenvalue weighted by molar-refractivity contribution is -0.111. The van der Waals surface area contributed by atoms with Gasteiger partial charge < -0.3 is 5.32 Å². The summed E-state index contributed by atoms with van der Waals surface area (Å²) in [5.74, 6) is 0.441. The Hall–Kier alpha value is -1.23. The van der Waals surface area contributed by atoms with Crippen molar-refractivity contribution in [3.05, 3.63) is 23.7 Å². The van der Waals surface area contributed by atoms with Gasteiger partial charge in [-0.25, -0.2) is 4.99 Å². The summed E-state index contributed by atoms with van der Waals surface area (Å²) >= 11 is 3.00. The zero-order chi connectivity index (χ0) is 11.4. The quantitative estimate of drug-likeness (QED) is 0.771. The summed E-state index contributed by atoms with van der Waals surface area (Å²) in [6.45, 7) is 3.46. The number of carbonyl (C=O) groups excluding carboxylic acids is 1. The van der Waals surface area contributed by atoms with Gasteiger partial charge in [0.25, 0.3) is 0 Å². The van der Waals surface area contributed by atoms with E-state index in [1.807, 2.05) is 6.92 Å². The number of nitrogens with zero attached hydrogens (tertiary/aromatic N) is 1. The van der Waals surface area contributed by atoms with E-state index in [0.717, 1.165) is 12.1 Å². The minimum Gasteiger partial charge on any atom is -0.344 e. The van der Waals surface area contributed by atoms with Gasteiger partial charge in [-0.2, -0.15) is 0 Å². The van der Waals surface area contributed by atoms with Crippen molar-refractivity contribution in [3.63, 3.8) is 0 Å². The van der Waals surface area contributed by atoms with Crippen LogP contribution < -0.4 is 5.32 Å². The number of halogens is 1. The number of allylic oxidation sites excluding steroid dienone is 3. The van der Waals surface area contributed by atoms with E-state index in [2.05, 4.69) is 26.2 Å². The average Bonchev–Trinajstić information content (AvgIpc) is 2.16. The van der Waals surface area contributed by atoms with Crippen molar-refractivity contribution >= 4 is 32.0 Å². The molecule has 0 spiro atoms. The number of Topliss-reactive ketones (excluding diaryl/α,β-unsaturated/α-hetero) is 1. The molecule has 1 aliphatic heterocycles. The Kier molecular flexibility index (Phi) is 3.96. The fraction of sp³-hybridized carbons (Fsp3) is 0.300. The van der Waals surface area contributed by atoms with E-state index in [1.54, 1.807) is 6.08 Å². The fourth-order valence-corrected chi connectivity index (χ4v) is 1.33. The first kappa shape index (κ1) is 11.8. The van der Waals surface area contributed by atoms with Crippen molar-refractivity contribution in [3.8, 4) is 0 Å². The lowest BCUT2D eigenvalue weighted by Gasteiger charge is -2.15. The van der Waals surface area contributed by atoms with E-state index in [4.69, 9.17) is 5.41 Å². The van der Waals surface area contributed by atoms with Crippen LogP contribution in [0.1, 0.15) is 20.3 Å². The van der Waals surface area contributed by atoms with Gasteiger partial charge in [-0.3, -0.25) is 10.2 Å². The molecule has 4 nitrogen and oxygen atoms in total. The third kappa shape index (κ3) is 3.43. The van der Waals surface area contributed by atoms with Crippen LogP contribution in [0.25, 0.3) is 0 Å². The number of aliphatic imine (C=N–C) groups is 1. The number of hydrogen-bond acceptors (Lipinski definition) is 4. The molecule has 0 aromatic heterocycles. The smallest absolute Gasteiger partial charge is 0.178 e. The molecule has 0 aliphatic carbocycles. The van der Waals surface area contributed by atoms with Gasteiger partial charge in [-0.1, -0.05) is 6.92 Å². The average molecular weight is 270 g/mol. The van der Waals surface area contributed by atoms with Gasteiger partial charge in [0, 0.05) is 18.7 Å². The van der Waals surface area contributed by atoms with Crippen LogP contribution in [0.15, 0.2) is 28.7 Å². The van der Waals surface area contributed by atoms with E-state index >= 15 is 0 Å². The molecule has 1 heterocycles. The molecule has 0 atom stereocenters. The first-order valence-electron chi connectivity index (χ1n) is 4.56. The third-order valence-electron chi connectivity index (χ3n) is 1.85. The molecule has 0 saturated heterocycles. The molecule has 0 bridgehead atoms. The van der Waals surface area contributed by atoms with Gasteiger partial charge in [0.1, 0.15) is 16.2 Å². The molecule has 5 heteroatoms. The highest BCUT2D eigenvalue weighted by atomic mass is 79.9. The van der Waals surface area contributed by atoms with Crippen molar-refractivity contribution in [2.45, 2.75) is 20.3 Å². The maximum absolute atomic E-state index is 11.2. The van der Waals surface area contributed by atoms with Crippen molar-refractivity contribution in [2.24, 2.45) is 4.99 Å². The predicted molar refractivity (Wildman–Crippen MR) is 64.4 cm³/mol. The Balaban J connectivity index is 3.04. The summed E-state index contributed by atoms with van der Waals surface area (Å²) in [4.78, 5) is 15.3. The predicted octanol–water partition coefficient (Wildman–Crippen LogP) is 2.13. The Labute approximate surface area is 96.8 Å². The molecule has 1 aliphatic rings. The number of carbonyl (C=O) groups is 1. The Morgan fingerprint density at radius 2 is 2.40 bits per heavy atom. The van der Waals surface area contributed by atoms with Crippen LogP contribution in [-0.2, 0) is 4.79 Å². The highest BCUT2D eigenvalue weighted by Crippen LogP contribution is 2.10. The summed E-state index contributed by atoms with van der Waals surface area (Å²) < 4.78 is 0.217. The number of nitrogens with one attached hydrogen (secondary N) is 2. The fourth-order valence-electron chi connectivity index (χ4n) is 1.11. The van der Waals surface area contributed by atoms with Crippen molar-refractivity contribution in [1.82, 2.24) is 5.32 Å².